The molecule has 0 saturated heterocycles. The van der Waals surface area contributed by atoms with Gasteiger partial charge in [0.1, 0.15) is 74.1 Å². The van der Waals surface area contributed by atoms with Crippen LogP contribution in [0.4, 0.5) is 0 Å². The van der Waals surface area contributed by atoms with Crippen LogP contribution in [0.1, 0.15) is 285 Å². The quantitative estimate of drug-likeness (QED) is 0.0283. The molecular weight excluding hydrogens is 1860 g/mol. The Morgan fingerprint density at radius 1 is 0.248 bits per heavy atom. The van der Waals surface area contributed by atoms with Crippen molar-refractivity contribution in [1.29, 1.82) is 0 Å². The van der Waals surface area contributed by atoms with Crippen LogP contribution in [-0.2, 0) is 74.5 Å². The molecule has 0 N–H and O–H groups in total. The van der Waals surface area contributed by atoms with E-state index in [2.05, 4.69) is 161 Å². The van der Waals surface area contributed by atoms with Crippen molar-refractivity contribution in [2.24, 2.45) is 0 Å². The SMILES string of the molecule is CCOC(=O)c1cccc(Br)c1COc1cc(C)c(C)cc1C.CCOC(=O)c1cccc(C)c1COc1cc(C)c(C)cc1C.CCOC(=O)c1cccc(C)c1COc1cc(C)c(C)cc1C.CCOC(=O)c1cccc(C2CC2)c1COc1cc(C)c(C)cc1C.CCOC(=O)c1cccc(CC)c1COc1cc(C)c(C)cc1C.CCOC(=O)c1cccc(Cl)c1COc1cc(C)c(C)cc1C. The normalized spacial score (nSPS) is 11.0. The van der Waals surface area contributed by atoms with Crippen molar-refractivity contribution in [3.05, 3.63) is 381 Å². The van der Waals surface area contributed by atoms with Crippen LogP contribution in [0, 0.1) is 138 Å². The molecule has 0 atom stereocenters. The predicted octanol–water partition coefficient (Wildman–Crippen LogP) is 29.7. The minimum Gasteiger partial charge on any atom is -0.489 e. The first kappa shape index (κ1) is 113. The van der Waals surface area contributed by atoms with Gasteiger partial charge < -0.3 is 56.8 Å². The Morgan fingerprint density at radius 3 is 0.759 bits per heavy atom. The zero-order chi connectivity index (χ0) is 104. The fourth-order valence-corrected chi connectivity index (χ4v) is 16.4. The molecule has 0 aliphatic heterocycles. The summed E-state index contributed by atoms with van der Waals surface area (Å²) in [6, 6.07) is 58.6. The van der Waals surface area contributed by atoms with E-state index in [-0.39, 0.29) is 42.4 Å². The third-order valence-electron chi connectivity index (χ3n) is 24.9. The number of carbonyl (C=O) groups is 6. The van der Waals surface area contributed by atoms with Crippen molar-refractivity contribution in [1.82, 2.24) is 0 Å². The van der Waals surface area contributed by atoms with Gasteiger partial charge in [-0.3, -0.25) is 0 Å². The van der Waals surface area contributed by atoms with E-state index < -0.39 is 0 Å². The molecule has 0 aromatic heterocycles. The molecular formula is C121H142BrClO18. The van der Waals surface area contributed by atoms with Crippen LogP contribution in [0.15, 0.2) is 186 Å². The Bertz CT molecular complexity index is 5870. The summed E-state index contributed by atoms with van der Waals surface area (Å²) in [6.45, 7) is 58.1. The van der Waals surface area contributed by atoms with E-state index in [1.165, 1.54) is 79.6 Å². The topological polar surface area (TPSA) is 213 Å². The molecule has 0 spiro atoms. The van der Waals surface area contributed by atoms with Gasteiger partial charge in [-0.25, -0.2) is 28.8 Å². The van der Waals surface area contributed by atoms with Crippen molar-refractivity contribution >= 4 is 63.3 Å². The summed E-state index contributed by atoms with van der Waals surface area (Å²) in [4.78, 5) is 73.0. The van der Waals surface area contributed by atoms with E-state index in [1.54, 1.807) is 50.2 Å². The average Bonchev–Trinajstić information content (AvgIpc) is 1.67. The number of hydrogen-bond acceptors (Lipinski definition) is 18. The molecule has 0 radical (unpaired) electrons. The maximum atomic E-state index is 12.4. The summed E-state index contributed by atoms with van der Waals surface area (Å²) in [5.41, 5.74) is 34.0. The van der Waals surface area contributed by atoms with E-state index in [1.807, 2.05) is 174 Å². The van der Waals surface area contributed by atoms with Gasteiger partial charge in [-0.05, 0) is 413 Å². The second-order valence-corrected chi connectivity index (χ2v) is 36.7. The van der Waals surface area contributed by atoms with E-state index in [0.717, 1.165) is 129 Å². The molecule has 12 aromatic rings. The summed E-state index contributed by atoms with van der Waals surface area (Å²) in [5, 5.41) is 0.497. The minimum absolute atomic E-state index is 0.219. The van der Waals surface area contributed by atoms with Crippen LogP contribution in [0.25, 0.3) is 0 Å². The van der Waals surface area contributed by atoms with Crippen LogP contribution in [0.3, 0.4) is 0 Å². The number of esters is 6. The van der Waals surface area contributed by atoms with Crippen LogP contribution < -0.4 is 28.4 Å². The van der Waals surface area contributed by atoms with Crippen LogP contribution in [0.5, 0.6) is 34.5 Å². The zero-order valence-electron chi connectivity index (χ0n) is 87.6. The number of halogens is 2. The molecule has 0 bridgehead atoms. The lowest BCUT2D eigenvalue weighted by Gasteiger charge is -2.17. The van der Waals surface area contributed by atoms with E-state index >= 15 is 0 Å². The van der Waals surface area contributed by atoms with E-state index in [0.29, 0.717) is 123 Å². The van der Waals surface area contributed by atoms with Crippen molar-refractivity contribution in [3.8, 4) is 34.5 Å². The van der Waals surface area contributed by atoms with Crippen LogP contribution >= 0.6 is 27.5 Å². The molecule has 1 aliphatic rings. The fourth-order valence-electron chi connectivity index (χ4n) is 15.7. The molecule has 141 heavy (non-hydrogen) atoms. The molecule has 0 heterocycles. The smallest absolute Gasteiger partial charge is 0.338 e. The minimum atomic E-state index is -0.384. The molecule has 1 fully saturated rings. The molecule has 18 nitrogen and oxygen atoms in total. The standard InChI is InChI=1S/C22H26O3.C21H26O3.2C20H24O3.C19H21BrO3.C19H21ClO3/c1-5-24-22(23)19-8-6-7-18(17-9-10-17)20(19)13-25-21-12-15(3)14(2)11-16(21)4;1-6-17-9-8-10-18(21(22)23-7-2)19(17)13-24-20-12-15(4)14(3)11-16(20)5;2*1-6-22-20(21)17-9-7-8-13(2)18(17)12-23-19-11-15(4)14(3)10-16(19)5;2*1-5-22-19(21)15-7-6-8-17(20)16(15)11-23-18-10-13(3)12(2)9-14(18)4/h6-8,11-12,17H,5,9-10,13H2,1-4H3;8-12H,6-7,13H2,1-5H3;2*7-11H,6,12H2,1-5H3;2*6-10H,5,11H2,1-4H3. The largest absolute Gasteiger partial charge is 0.489 e. The van der Waals surface area contributed by atoms with Gasteiger partial charge in [0.2, 0.25) is 0 Å². The highest BCUT2D eigenvalue weighted by Gasteiger charge is 2.30. The second kappa shape index (κ2) is 55.3. The van der Waals surface area contributed by atoms with Crippen LogP contribution in [0.2, 0.25) is 5.02 Å². The highest BCUT2D eigenvalue weighted by atomic mass is 79.9. The van der Waals surface area contributed by atoms with Crippen molar-refractivity contribution in [3.63, 3.8) is 0 Å². The molecule has 748 valence electrons. The van der Waals surface area contributed by atoms with E-state index in [9.17, 15) is 28.8 Å². The highest BCUT2D eigenvalue weighted by Crippen LogP contribution is 2.43. The summed E-state index contributed by atoms with van der Waals surface area (Å²) in [7, 11) is 0. The lowest BCUT2D eigenvalue weighted by atomic mass is 9.98. The molecule has 20 heteroatoms. The fraction of sp³-hybridized carbons (Fsp3) is 0.355. The Hall–Kier alpha value is -13.0. The molecule has 0 amide bonds. The van der Waals surface area contributed by atoms with Gasteiger partial charge >= 0.3 is 35.8 Å². The van der Waals surface area contributed by atoms with Crippen LogP contribution in [-0.4, -0.2) is 75.5 Å². The molecule has 12 aromatic carbocycles. The number of carbonyl (C=O) groups excluding carboxylic acids is 6. The van der Waals surface area contributed by atoms with Gasteiger partial charge in [0.25, 0.3) is 0 Å². The summed E-state index contributed by atoms with van der Waals surface area (Å²) < 4.78 is 67.8. The lowest BCUT2D eigenvalue weighted by Crippen LogP contribution is -2.12. The number of hydrogen-bond donors (Lipinski definition) is 0. The maximum Gasteiger partial charge on any atom is 0.338 e. The van der Waals surface area contributed by atoms with E-state index in [4.69, 9.17) is 68.4 Å². The predicted molar refractivity (Wildman–Crippen MR) is 568 cm³/mol. The number of rotatable bonds is 32. The first-order chi connectivity index (χ1) is 67.2. The Kier molecular flexibility index (Phi) is 44.4. The molecule has 1 aliphatic carbocycles. The van der Waals surface area contributed by atoms with Gasteiger partial charge in [0.05, 0.1) is 73.0 Å². The summed E-state index contributed by atoms with van der Waals surface area (Å²) in [5.74, 6) is 3.76. The third-order valence-corrected chi connectivity index (χ3v) is 26.0. The van der Waals surface area contributed by atoms with Crippen molar-refractivity contribution in [2.75, 3.05) is 39.6 Å². The van der Waals surface area contributed by atoms with Gasteiger partial charge in [-0.2, -0.15) is 0 Å². The van der Waals surface area contributed by atoms with Gasteiger partial charge in [0, 0.05) is 42.9 Å². The summed E-state index contributed by atoms with van der Waals surface area (Å²) >= 11 is 9.75. The summed E-state index contributed by atoms with van der Waals surface area (Å²) in [6.07, 6.45) is 3.21. The molecule has 1 saturated carbocycles. The number of benzene rings is 12. The van der Waals surface area contributed by atoms with Crippen molar-refractivity contribution < 1.29 is 85.6 Å². The zero-order valence-corrected chi connectivity index (χ0v) is 90.0. The lowest BCUT2D eigenvalue weighted by molar-refractivity contribution is 0.0513. The monoisotopic (exact) mass is 2000 g/mol. The highest BCUT2D eigenvalue weighted by molar-refractivity contribution is 9.10. The Morgan fingerprint density at radius 2 is 0.468 bits per heavy atom. The average molecular weight is 2000 g/mol. The van der Waals surface area contributed by atoms with Gasteiger partial charge in [-0.15, -0.1) is 0 Å². The molecule has 13 rings (SSSR count). The number of ether oxygens (including phenoxy) is 12. The Labute approximate surface area is 849 Å². The molecule has 0 unspecified atom stereocenters. The Balaban J connectivity index is 0.000000207. The van der Waals surface area contributed by atoms with Gasteiger partial charge in [0.15, 0.2) is 0 Å². The maximum absolute atomic E-state index is 12.4. The van der Waals surface area contributed by atoms with Crippen molar-refractivity contribution in [2.45, 2.75) is 252 Å². The first-order valence-corrected chi connectivity index (χ1v) is 49.6. The third kappa shape index (κ3) is 32.3. The second-order valence-electron chi connectivity index (χ2n) is 35.4. The van der Waals surface area contributed by atoms with Gasteiger partial charge in [-0.1, -0.05) is 132 Å². The first-order valence-electron chi connectivity index (χ1n) is 48.4. The number of aryl methyl sites for hydroxylation is 21.